The second-order valence-electron chi connectivity index (χ2n) is 5.47. The lowest BCUT2D eigenvalue weighted by Crippen LogP contribution is -2.29. The fraction of sp³-hybridized carbons (Fsp3) is 0.647. The van der Waals surface area contributed by atoms with Crippen LogP contribution in [0.3, 0.4) is 0 Å². The van der Waals surface area contributed by atoms with E-state index in [4.69, 9.17) is 4.74 Å². The molecule has 1 N–H and O–H groups in total. The average Bonchev–Trinajstić information content (AvgIpc) is 2.44. The fourth-order valence-electron chi connectivity index (χ4n) is 2.10. The van der Waals surface area contributed by atoms with Crippen molar-refractivity contribution in [2.24, 2.45) is 0 Å². The van der Waals surface area contributed by atoms with Gasteiger partial charge in [0.2, 0.25) is 0 Å². The smallest absolute Gasteiger partial charge is 0.119 e. The molecule has 1 rings (SSSR count). The normalized spacial score (nSPS) is 11.3. The van der Waals surface area contributed by atoms with Crippen molar-refractivity contribution in [1.29, 1.82) is 0 Å². The number of rotatable bonds is 10. The summed E-state index contributed by atoms with van der Waals surface area (Å²) >= 11 is 0. The highest BCUT2D eigenvalue weighted by molar-refractivity contribution is 5.28. The van der Waals surface area contributed by atoms with Crippen LogP contribution in [0, 0.1) is 0 Å². The molecule has 1 aromatic carbocycles. The van der Waals surface area contributed by atoms with Gasteiger partial charge in [0.15, 0.2) is 0 Å². The second-order valence-corrected chi connectivity index (χ2v) is 5.47. The predicted molar refractivity (Wildman–Crippen MR) is 86.3 cm³/mol. The van der Waals surface area contributed by atoms with Gasteiger partial charge in [0.25, 0.3) is 0 Å². The third-order valence-corrected chi connectivity index (χ3v) is 3.28. The lowest BCUT2D eigenvalue weighted by molar-refractivity contribution is 0.216. The van der Waals surface area contributed by atoms with Crippen LogP contribution in [-0.2, 0) is 6.54 Å². The fourth-order valence-corrected chi connectivity index (χ4v) is 2.10. The minimum absolute atomic E-state index is 0.506. The van der Waals surface area contributed by atoms with Gasteiger partial charge in [-0.3, -0.25) is 0 Å². The Kier molecular flexibility index (Phi) is 8.31. The number of benzene rings is 1. The maximum Gasteiger partial charge on any atom is 0.119 e. The van der Waals surface area contributed by atoms with Crippen molar-refractivity contribution in [3.63, 3.8) is 0 Å². The summed E-state index contributed by atoms with van der Waals surface area (Å²) in [5, 5.41) is 3.43. The van der Waals surface area contributed by atoms with Crippen LogP contribution in [0.5, 0.6) is 5.75 Å². The molecule has 114 valence electrons. The molecule has 1 aromatic rings. The standard InChI is InChI=1S/C17H30N2O/c1-5-10-19(6-2)11-12-20-17-9-7-8-16(13-17)14-18-15(3)4/h7-9,13,15,18H,5-6,10-12,14H2,1-4H3. The first-order valence-corrected chi connectivity index (χ1v) is 7.83. The lowest BCUT2D eigenvalue weighted by Gasteiger charge is -2.19. The number of nitrogens with zero attached hydrogens (tertiary/aromatic N) is 1. The van der Waals surface area contributed by atoms with Crippen molar-refractivity contribution in [1.82, 2.24) is 10.2 Å². The zero-order chi connectivity index (χ0) is 14.8. The Balaban J connectivity index is 2.38. The van der Waals surface area contributed by atoms with Gasteiger partial charge in [-0.05, 0) is 37.2 Å². The molecule has 0 heterocycles. The van der Waals surface area contributed by atoms with Crippen LogP contribution in [-0.4, -0.2) is 37.2 Å². The Labute approximate surface area is 124 Å². The molecule has 3 nitrogen and oxygen atoms in total. The van der Waals surface area contributed by atoms with Crippen LogP contribution in [0.1, 0.15) is 39.7 Å². The summed E-state index contributed by atoms with van der Waals surface area (Å²) in [7, 11) is 0. The largest absolute Gasteiger partial charge is 0.492 e. The topological polar surface area (TPSA) is 24.5 Å². The molecular formula is C17H30N2O. The van der Waals surface area contributed by atoms with Crippen molar-refractivity contribution in [3.8, 4) is 5.75 Å². The summed E-state index contributed by atoms with van der Waals surface area (Å²) in [5.41, 5.74) is 1.28. The number of hydrogen-bond acceptors (Lipinski definition) is 3. The predicted octanol–water partition coefficient (Wildman–Crippen LogP) is 3.30. The highest BCUT2D eigenvalue weighted by atomic mass is 16.5. The summed E-state index contributed by atoms with van der Waals surface area (Å²) in [6.45, 7) is 13.6. The molecule has 0 aromatic heterocycles. The molecule has 0 atom stereocenters. The number of ether oxygens (including phenoxy) is 1. The molecule has 0 saturated heterocycles. The maximum atomic E-state index is 5.86. The molecule has 0 fully saturated rings. The molecule has 0 radical (unpaired) electrons. The SMILES string of the molecule is CCCN(CC)CCOc1cccc(CNC(C)C)c1. The van der Waals surface area contributed by atoms with Crippen molar-refractivity contribution in [3.05, 3.63) is 29.8 Å². The molecule has 0 bridgehead atoms. The first-order valence-electron chi connectivity index (χ1n) is 7.83. The Morgan fingerprint density at radius 3 is 2.65 bits per heavy atom. The Bertz CT molecular complexity index is 366. The number of nitrogens with one attached hydrogen (secondary N) is 1. The van der Waals surface area contributed by atoms with Gasteiger partial charge in [-0.1, -0.05) is 39.8 Å². The summed E-state index contributed by atoms with van der Waals surface area (Å²) in [6.07, 6.45) is 1.20. The molecule has 0 spiro atoms. The van der Waals surface area contributed by atoms with Crippen LogP contribution >= 0.6 is 0 Å². The highest BCUT2D eigenvalue weighted by Gasteiger charge is 2.02. The van der Waals surface area contributed by atoms with E-state index in [0.29, 0.717) is 6.04 Å². The number of likely N-dealkylation sites (N-methyl/N-ethyl adjacent to an activating group) is 1. The third kappa shape index (κ3) is 6.92. The van der Waals surface area contributed by atoms with Gasteiger partial charge in [-0.2, -0.15) is 0 Å². The second kappa shape index (κ2) is 9.78. The molecule has 0 aliphatic heterocycles. The van der Waals surface area contributed by atoms with Crippen molar-refractivity contribution < 1.29 is 4.74 Å². The van der Waals surface area contributed by atoms with Crippen LogP contribution in [0.25, 0.3) is 0 Å². The van der Waals surface area contributed by atoms with E-state index < -0.39 is 0 Å². The summed E-state index contributed by atoms with van der Waals surface area (Å²) < 4.78 is 5.86. The van der Waals surface area contributed by atoms with E-state index in [9.17, 15) is 0 Å². The van der Waals surface area contributed by atoms with E-state index in [1.54, 1.807) is 0 Å². The van der Waals surface area contributed by atoms with Crippen molar-refractivity contribution in [2.75, 3.05) is 26.2 Å². The zero-order valence-electron chi connectivity index (χ0n) is 13.5. The van der Waals surface area contributed by atoms with Crippen LogP contribution in [0.2, 0.25) is 0 Å². The zero-order valence-corrected chi connectivity index (χ0v) is 13.5. The van der Waals surface area contributed by atoms with Gasteiger partial charge in [0, 0.05) is 19.1 Å². The van der Waals surface area contributed by atoms with Gasteiger partial charge < -0.3 is 15.0 Å². The van der Waals surface area contributed by atoms with Gasteiger partial charge >= 0.3 is 0 Å². The van der Waals surface area contributed by atoms with E-state index in [-0.39, 0.29) is 0 Å². The van der Waals surface area contributed by atoms with E-state index in [1.807, 2.05) is 6.07 Å². The third-order valence-electron chi connectivity index (χ3n) is 3.28. The molecular weight excluding hydrogens is 248 g/mol. The van der Waals surface area contributed by atoms with Crippen LogP contribution < -0.4 is 10.1 Å². The van der Waals surface area contributed by atoms with Gasteiger partial charge in [-0.25, -0.2) is 0 Å². The molecule has 3 heteroatoms. The van der Waals surface area contributed by atoms with Crippen molar-refractivity contribution in [2.45, 2.75) is 46.7 Å². The molecule has 20 heavy (non-hydrogen) atoms. The van der Waals surface area contributed by atoms with Crippen molar-refractivity contribution >= 4 is 0 Å². The van der Waals surface area contributed by atoms with Crippen LogP contribution in [0.15, 0.2) is 24.3 Å². The van der Waals surface area contributed by atoms with E-state index in [1.165, 1.54) is 12.0 Å². The van der Waals surface area contributed by atoms with E-state index in [0.717, 1.165) is 38.5 Å². The Hall–Kier alpha value is -1.06. The highest BCUT2D eigenvalue weighted by Crippen LogP contribution is 2.13. The monoisotopic (exact) mass is 278 g/mol. The van der Waals surface area contributed by atoms with Gasteiger partial charge in [-0.15, -0.1) is 0 Å². The Morgan fingerprint density at radius 2 is 2.00 bits per heavy atom. The van der Waals surface area contributed by atoms with E-state index in [2.05, 4.69) is 56.1 Å². The first-order chi connectivity index (χ1) is 9.65. The average molecular weight is 278 g/mol. The summed E-state index contributed by atoms with van der Waals surface area (Å²) in [5.74, 6) is 0.973. The minimum Gasteiger partial charge on any atom is -0.492 e. The summed E-state index contributed by atoms with van der Waals surface area (Å²) in [6, 6.07) is 8.88. The number of hydrogen-bond donors (Lipinski definition) is 1. The van der Waals surface area contributed by atoms with E-state index >= 15 is 0 Å². The molecule has 0 aliphatic carbocycles. The first kappa shape index (κ1) is 17.0. The van der Waals surface area contributed by atoms with Gasteiger partial charge in [0.05, 0.1) is 0 Å². The summed E-state index contributed by atoms with van der Waals surface area (Å²) in [4.78, 5) is 2.42. The molecule has 0 aliphatic rings. The van der Waals surface area contributed by atoms with Crippen LogP contribution in [0.4, 0.5) is 0 Å². The van der Waals surface area contributed by atoms with Gasteiger partial charge in [0.1, 0.15) is 12.4 Å². The molecule has 0 amide bonds. The molecule has 0 saturated carbocycles. The molecule has 0 unspecified atom stereocenters. The quantitative estimate of drug-likeness (QED) is 0.711. The maximum absolute atomic E-state index is 5.86. The lowest BCUT2D eigenvalue weighted by atomic mass is 10.2. The minimum atomic E-state index is 0.506. The Morgan fingerprint density at radius 1 is 1.20 bits per heavy atom.